The Morgan fingerprint density at radius 1 is 0.893 bits per heavy atom. The minimum atomic E-state index is -6.77. The van der Waals surface area contributed by atoms with Gasteiger partial charge in [-0.15, -0.1) is 0 Å². The molecule has 1 N–H and O–H groups in total. The zero-order valence-electron chi connectivity index (χ0n) is 14.4. The average Bonchev–Trinajstić information content (AvgIpc) is 2.50. The summed E-state index contributed by atoms with van der Waals surface area (Å²) in [6.07, 6.45) is 1.12. The van der Waals surface area contributed by atoms with Crippen molar-refractivity contribution in [2.24, 2.45) is 5.92 Å². The number of hydrogen-bond acceptors (Lipinski definition) is 5. The summed E-state index contributed by atoms with van der Waals surface area (Å²) in [5, 5.41) is 2.09. The molecule has 14 heteroatoms. The Hall–Kier alpha value is -1.31. The van der Waals surface area contributed by atoms with E-state index in [-0.39, 0.29) is 19.3 Å². The van der Waals surface area contributed by atoms with Crippen molar-refractivity contribution in [1.29, 1.82) is 0 Å². The lowest BCUT2D eigenvalue weighted by Gasteiger charge is -2.35. The van der Waals surface area contributed by atoms with Crippen LogP contribution < -0.4 is 5.32 Å². The normalized spacial score (nSPS) is 23.0. The summed E-state index contributed by atoms with van der Waals surface area (Å²) in [5.41, 5.74) is -12.5. The lowest BCUT2D eigenvalue weighted by molar-refractivity contribution is -0.117. The molecule has 0 aliphatic heterocycles. The van der Waals surface area contributed by atoms with Crippen LogP contribution in [0, 0.1) is 5.92 Å². The first-order valence-electron chi connectivity index (χ1n) is 8.10. The van der Waals surface area contributed by atoms with Crippen molar-refractivity contribution in [1.82, 2.24) is 5.32 Å². The molecule has 0 heterocycles. The lowest BCUT2D eigenvalue weighted by atomic mass is 9.87. The highest BCUT2D eigenvalue weighted by Crippen LogP contribution is 2.42. The first kappa shape index (κ1) is 24.7. The number of halogens is 6. The summed E-state index contributed by atoms with van der Waals surface area (Å²) >= 11 is 0. The second-order valence-electron chi connectivity index (χ2n) is 6.32. The zero-order valence-corrected chi connectivity index (χ0v) is 16.0. The van der Waals surface area contributed by atoms with Crippen molar-refractivity contribution in [3.05, 3.63) is 12.7 Å². The number of sulfone groups is 2. The molecule has 0 saturated heterocycles. The van der Waals surface area contributed by atoms with Crippen LogP contribution >= 0.6 is 0 Å². The SMILES string of the molecule is C=CC(=O)NC1CCCCCCC1C(S(=O)(=O)C(F)(F)F)S(=O)(=O)C(F)(F)F. The van der Waals surface area contributed by atoms with Crippen LogP contribution in [0.3, 0.4) is 0 Å². The third-order valence-electron chi connectivity index (χ3n) is 4.44. The molecule has 0 radical (unpaired) electrons. The van der Waals surface area contributed by atoms with Crippen molar-refractivity contribution in [3.8, 4) is 0 Å². The van der Waals surface area contributed by atoms with Gasteiger partial charge in [-0.1, -0.05) is 32.3 Å². The Labute approximate surface area is 158 Å². The molecule has 0 aromatic rings. The topological polar surface area (TPSA) is 97.4 Å². The predicted molar refractivity (Wildman–Crippen MR) is 87.1 cm³/mol. The average molecular weight is 459 g/mol. The fraction of sp³-hybridized carbons (Fsp3) is 0.786. The molecule has 1 rings (SSSR count). The minimum absolute atomic E-state index is 0.00236. The van der Waals surface area contributed by atoms with Gasteiger partial charge in [-0.25, -0.2) is 16.8 Å². The second kappa shape index (κ2) is 8.59. The van der Waals surface area contributed by atoms with Crippen molar-refractivity contribution in [2.75, 3.05) is 0 Å². The van der Waals surface area contributed by atoms with E-state index in [4.69, 9.17) is 0 Å². The Morgan fingerprint density at radius 2 is 1.32 bits per heavy atom. The van der Waals surface area contributed by atoms with Gasteiger partial charge < -0.3 is 5.32 Å². The largest absolute Gasteiger partial charge is 0.498 e. The van der Waals surface area contributed by atoms with Gasteiger partial charge in [-0.3, -0.25) is 4.79 Å². The predicted octanol–water partition coefficient (Wildman–Crippen LogP) is 2.82. The van der Waals surface area contributed by atoms with E-state index >= 15 is 0 Å². The van der Waals surface area contributed by atoms with Gasteiger partial charge in [0.25, 0.3) is 19.7 Å². The standard InChI is InChI=1S/C14H19F6NO5S2/c1-2-11(22)21-10-8-6-4-3-5-7-9(10)12(27(23,24)13(15,16)17)28(25,26)14(18,19)20/h2,9-10,12H,1,3-8H2,(H,21,22). The van der Waals surface area contributed by atoms with E-state index in [9.17, 15) is 48.0 Å². The van der Waals surface area contributed by atoms with E-state index in [2.05, 4.69) is 11.9 Å². The molecule has 164 valence electrons. The van der Waals surface area contributed by atoms with Crippen LogP contribution in [-0.4, -0.2) is 44.4 Å². The van der Waals surface area contributed by atoms with Gasteiger partial charge in [0, 0.05) is 12.0 Å². The molecule has 1 saturated carbocycles. The number of hydrogen-bond donors (Lipinski definition) is 1. The van der Waals surface area contributed by atoms with Crippen molar-refractivity contribution >= 4 is 25.6 Å². The molecule has 0 aromatic heterocycles. The monoisotopic (exact) mass is 459 g/mol. The van der Waals surface area contributed by atoms with Crippen LogP contribution in [0.1, 0.15) is 38.5 Å². The minimum Gasteiger partial charge on any atom is -0.349 e. The van der Waals surface area contributed by atoms with E-state index < -0.39 is 59.6 Å². The van der Waals surface area contributed by atoms with Crippen molar-refractivity contribution in [2.45, 2.75) is 60.2 Å². The smallest absolute Gasteiger partial charge is 0.349 e. The highest BCUT2D eigenvalue weighted by Gasteiger charge is 2.65. The Morgan fingerprint density at radius 3 is 1.71 bits per heavy atom. The van der Waals surface area contributed by atoms with E-state index in [1.807, 2.05) is 0 Å². The van der Waals surface area contributed by atoms with Gasteiger partial charge in [0.05, 0.1) is 0 Å². The van der Waals surface area contributed by atoms with Crippen molar-refractivity contribution < 1.29 is 48.0 Å². The van der Waals surface area contributed by atoms with E-state index in [1.54, 1.807) is 0 Å². The quantitative estimate of drug-likeness (QED) is 0.504. The molecule has 1 amide bonds. The molecule has 2 unspecified atom stereocenters. The van der Waals surface area contributed by atoms with Crippen molar-refractivity contribution in [3.63, 3.8) is 0 Å². The van der Waals surface area contributed by atoms with Crippen LogP contribution in [-0.2, 0) is 24.5 Å². The highest BCUT2D eigenvalue weighted by atomic mass is 32.3. The molecule has 0 spiro atoms. The molecule has 0 aromatic carbocycles. The summed E-state index contributed by atoms with van der Waals surface area (Å²) < 4.78 is 122. The molecular formula is C14H19F6NO5S2. The number of carbonyl (C=O) groups is 1. The molecular weight excluding hydrogens is 440 g/mol. The van der Waals surface area contributed by atoms with Gasteiger partial charge in [0.15, 0.2) is 4.58 Å². The summed E-state index contributed by atoms with van der Waals surface area (Å²) in [6.45, 7) is 3.11. The van der Waals surface area contributed by atoms with Gasteiger partial charge in [0.1, 0.15) is 0 Å². The van der Waals surface area contributed by atoms with Crippen LogP contribution in [0.4, 0.5) is 26.3 Å². The number of alkyl halides is 6. The maximum Gasteiger partial charge on any atom is 0.498 e. The third kappa shape index (κ3) is 5.19. The van der Waals surface area contributed by atoms with E-state index in [0.717, 1.165) is 0 Å². The summed E-state index contributed by atoms with van der Waals surface area (Å²) in [7, 11) is -13.5. The number of amides is 1. The first-order valence-corrected chi connectivity index (χ1v) is 11.2. The number of carbonyl (C=O) groups excluding carboxylic acids is 1. The fourth-order valence-corrected chi connectivity index (χ4v) is 7.24. The third-order valence-corrected chi connectivity index (χ3v) is 9.17. The summed E-state index contributed by atoms with van der Waals surface area (Å²) in [5.74, 6) is -3.11. The fourth-order valence-electron chi connectivity index (χ4n) is 3.15. The molecule has 28 heavy (non-hydrogen) atoms. The maximum absolute atomic E-state index is 13.1. The van der Waals surface area contributed by atoms with E-state index in [0.29, 0.717) is 18.9 Å². The maximum atomic E-state index is 13.1. The van der Waals surface area contributed by atoms with Gasteiger partial charge >= 0.3 is 11.0 Å². The van der Waals surface area contributed by atoms with Gasteiger partial charge in [-0.2, -0.15) is 26.3 Å². The van der Waals surface area contributed by atoms with Gasteiger partial charge in [-0.05, 0) is 18.9 Å². The first-order chi connectivity index (χ1) is 12.6. The Kier molecular flexibility index (Phi) is 7.59. The summed E-state index contributed by atoms with van der Waals surface area (Å²) in [4.78, 5) is 11.6. The molecule has 1 fully saturated rings. The van der Waals surface area contributed by atoms with Gasteiger partial charge in [0.2, 0.25) is 5.91 Å². The molecule has 1 aliphatic carbocycles. The molecule has 0 bridgehead atoms. The van der Waals surface area contributed by atoms with Crippen LogP contribution in [0.2, 0.25) is 0 Å². The summed E-state index contributed by atoms with van der Waals surface area (Å²) in [6, 6.07) is -1.52. The van der Waals surface area contributed by atoms with Crippen LogP contribution in [0.15, 0.2) is 12.7 Å². The molecule has 6 nitrogen and oxygen atoms in total. The number of rotatable bonds is 5. The Bertz CT molecular complexity index is 744. The highest BCUT2D eigenvalue weighted by molar-refractivity contribution is 8.09. The lowest BCUT2D eigenvalue weighted by Crippen LogP contribution is -2.55. The van der Waals surface area contributed by atoms with Crippen LogP contribution in [0.5, 0.6) is 0 Å². The molecule has 2 atom stereocenters. The van der Waals surface area contributed by atoms with E-state index in [1.165, 1.54) is 0 Å². The number of nitrogens with one attached hydrogen (secondary N) is 1. The Balaban J connectivity index is 3.66. The van der Waals surface area contributed by atoms with Crippen LogP contribution in [0.25, 0.3) is 0 Å². The zero-order chi connectivity index (χ0) is 22.0. The second-order valence-corrected chi connectivity index (χ2v) is 10.7. The molecule has 1 aliphatic rings.